The van der Waals surface area contributed by atoms with Gasteiger partial charge in [-0.1, -0.05) is 26.2 Å². The first-order valence-electron chi connectivity index (χ1n) is 9.43. The summed E-state index contributed by atoms with van der Waals surface area (Å²) in [6.45, 7) is 6.74. The molecule has 23 heavy (non-hydrogen) atoms. The molecule has 1 heterocycles. The van der Waals surface area contributed by atoms with Gasteiger partial charge in [-0.15, -0.1) is 0 Å². The summed E-state index contributed by atoms with van der Waals surface area (Å²) >= 11 is 0. The minimum atomic E-state index is 0.329. The zero-order valence-electron chi connectivity index (χ0n) is 15.0. The average Bonchev–Trinajstić information content (AvgIpc) is 3.08. The Morgan fingerprint density at radius 2 is 2.04 bits per heavy atom. The fraction of sp³-hybridized carbons (Fsp3) is 0.944. The second-order valence-corrected chi connectivity index (χ2v) is 6.97. The molecule has 0 bridgehead atoms. The highest BCUT2D eigenvalue weighted by Gasteiger charge is 2.21. The van der Waals surface area contributed by atoms with E-state index in [1.807, 2.05) is 7.05 Å². The minimum absolute atomic E-state index is 0.329. The quantitative estimate of drug-likeness (QED) is 0.409. The number of nitrogens with one attached hydrogen (secondary N) is 2. The van der Waals surface area contributed by atoms with Crippen LogP contribution in [0.5, 0.6) is 0 Å². The Hall–Kier alpha value is -0.810. The average molecular weight is 325 g/mol. The van der Waals surface area contributed by atoms with Crippen molar-refractivity contribution in [3.8, 4) is 0 Å². The van der Waals surface area contributed by atoms with Crippen molar-refractivity contribution in [2.24, 2.45) is 16.8 Å². The van der Waals surface area contributed by atoms with E-state index in [1.165, 1.54) is 32.1 Å². The van der Waals surface area contributed by atoms with E-state index in [4.69, 9.17) is 9.47 Å². The summed E-state index contributed by atoms with van der Waals surface area (Å²) < 4.78 is 11.2. The van der Waals surface area contributed by atoms with Crippen LogP contribution in [0.3, 0.4) is 0 Å². The van der Waals surface area contributed by atoms with Crippen LogP contribution in [-0.2, 0) is 9.47 Å². The summed E-state index contributed by atoms with van der Waals surface area (Å²) in [5, 5.41) is 6.86. The molecule has 3 unspecified atom stereocenters. The first-order chi connectivity index (χ1) is 11.3. The van der Waals surface area contributed by atoms with Gasteiger partial charge in [-0.05, 0) is 37.5 Å². The highest BCUT2D eigenvalue weighted by molar-refractivity contribution is 5.79. The Labute approximate surface area is 141 Å². The zero-order chi connectivity index (χ0) is 16.3. The van der Waals surface area contributed by atoms with E-state index in [2.05, 4.69) is 22.5 Å². The standard InChI is InChI=1S/C18H35N3O2/c1-15-7-3-4-8-16(15)13-21-18(19-2)20-10-6-11-22-14-17-9-5-12-23-17/h15-17H,3-14H2,1-2H3,(H2,19,20,21). The van der Waals surface area contributed by atoms with E-state index in [-0.39, 0.29) is 0 Å². The van der Waals surface area contributed by atoms with Crippen molar-refractivity contribution in [3.05, 3.63) is 0 Å². The molecule has 0 aromatic carbocycles. The Kier molecular flexibility index (Phi) is 8.76. The van der Waals surface area contributed by atoms with Crippen molar-refractivity contribution in [2.75, 3.05) is 40.0 Å². The van der Waals surface area contributed by atoms with Gasteiger partial charge in [0.25, 0.3) is 0 Å². The third-order valence-corrected chi connectivity index (χ3v) is 5.13. The van der Waals surface area contributed by atoms with Crippen LogP contribution in [0.2, 0.25) is 0 Å². The molecule has 2 aliphatic rings. The molecule has 5 heteroatoms. The molecule has 5 nitrogen and oxygen atoms in total. The number of nitrogens with zero attached hydrogens (tertiary/aromatic N) is 1. The van der Waals surface area contributed by atoms with Gasteiger partial charge in [-0.25, -0.2) is 0 Å². The van der Waals surface area contributed by atoms with Crippen molar-refractivity contribution in [1.29, 1.82) is 0 Å². The van der Waals surface area contributed by atoms with Gasteiger partial charge in [-0.3, -0.25) is 4.99 Å². The molecule has 1 saturated carbocycles. The highest BCUT2D eigenvalue weighted by Crippen LogP contribution is 2.28. The molecule has 0 aromatic heterocycles. The molecule has 1 aliphatic carbocycles. The molecular formula is C18H35N3O2. The minimum Gasteiger partial charge on any atom is -0.379 e. The molecule has 0 amide bonds. The van der Waals surface area contributed by atoms with Gasteiger partial charge in [0.05, 0.1) is 12.7 Å². The lowest BCUT2D eigenvalue weighted by atomic mass is 9.80. The van der Waals surface area contributed by atoms with Crippen molar-refractivity contribution in [1.82, 2.24) is 10.6 Å². The molecule has 0 radical (unpaired) electrons. The monoisotopic (exact) mass is 325 g/mol. The maximum atomic E-state index is 5.68. The Morgan fingerprint density at radius 1 is 1.17 bits per heavy atom. The second-order valence-electron chi connectivity index (χ2n) is 6.97. The Balaban J connectivity index is 1.49. The number of aliphatic imine (C=N–C) groups is 1. The highest BCUT2D eigenvalue weighted by atomic mass is 16.5. The van der Waals surface area contributed by atoms with Gasteiger partial charge in [0.15, 0.2) is 5.96 Å². The molecule has 1 saturated heterocycles. The molecule has 2 rings (SSSR count). The van der Waals surface area contributed by atoms with E-state index in [0.717, 1.165) is 63.5 Å². The lowest BCUT2D eigenvalue weighted by molar-refractivity contribution is 0.0168. The third kappa shape index (κ3) is 7.08. The van der Waals surface area contributed by atoms with E-state index in [1.54, 1.807) is 0 Å². The predicted octanol–water partition coefficient (Wildman–Crippen LogP) is 2.56. The van der Waals surface area contributed by atoms with Crippen LogP contribution in [0.25, 0.3) is 0 Å². The molecule has 3 atom stereocenters. The fourth-order valence-corrected chi connectivity index (χ4v) is 3.52. The maximum absolute atomic E-state index is 5.68. The largest absolute Gasteiger partial charge is 0.379 e. The van der Waals surface area contributed by atoms with Crippen LogP contribution in [0.15, 0.2) is 4.99 Å². The van der Waals surface area contributed by atoms with E-state index < -0.39 is 0 Å². The summed E-state index contributed by atoms with van der Waals surface area (Å²) in [4.78, 5) is 4.31. The summed E-state index contributed by atoms with van der Waals surface area (Å²) in [6, 6.07) is 0. The maximum Gasteiger partial charge on any atom is 0.190 e. The fourth-order valence-electron chi connectivity index (χ4n) is 3.52. The number of hydrogen-bond donors (Lipinski definition) is 2. The molecule has 2 N–H and O–H groups in total. The van der Waals surface area contributed by atoms with Crippen molar-refractivity contribution >= 4 is 5.96 Å². The van der Waals surface area contributed by atoms with Gasteiger partial charge in [-0.2, -0.15) is 0 Å². The first kappa shape index (κ1) is 18.5. The normalized spacial score (nSPS) is 28.8. The Morgan fingerprint density at radius 3 is 2.78 bits per heavy atom. The molecule has 134 valence electrons. The summed E-state index contributed by atoms with van der Waals surface area (Å²) in [5.41, 5.74) is 0. The van der Waals surface area contributed by atoms with Gasteiger partial charge in [0.2, 0.25) is 0 Å². The van der Waals surface area contributed by atoms with Gasteiger partial charge in [0, 0.05) is 33.4 Å². The first-order valence-corrected chi connectivity index (χ1v) is 9.43. The van der Waals surface area contributed by atoms with Crippen molar-refractivity contribution < 1.29 is 9.47 Å². The number of ether oxygens (including phenoxy) is 2. The van der Waals surface area contributed by atoms with E-state index in [9.17, 15) is 0 Å². The Bertz CT molecular complexity index is 343. The molecule has 0 aromatic rings. The van der Waals surface area contributed by atoms with Crippen molar-refractivity contribution in [3.63, 3.8) is 0 Å². The molecular weight excluding hydrogens is 290 g/mol. The molecule has 0 spiro atoms. The second kappa shape index (κ2) is 10.9. The number of hydrogen-bond acceptors (Lipinski definition) is 3. The number of rotatable bonds is 8. The SMILES string of the molecule is CN=C(NCCCOCC1CCCO1)NCC1CCCCC1C. The van der Waals surface area contributed by atoms with Crippen LogP contribution in [0.4, 0.5) is 0 Å². The van der Waals surface area contributed by atoms with Crippen molar-refractivity contribution in [2.45, 2.75) is 58.0 Å². The van der Waals surface area contributed by atoms with E-state index >= 15 is 0 Å². The third-order valence-electron chi connectivity index (χ3n) is 5.13. The van der Waals surface area contributed by atoms with Crippen LogP contribution in [0, 0.1) is 11.8 Å². The smallest absolute Gasteiger partial charge is 0.190 e. The van der Waals surface area contributed by atoms with Gasteiger partial charge >= 0.3 is 0 Å². The lowest BCUT2D eigenvalue weighted by Crippen LogP contribution is -2.41. The summed E-state index contributed by atoms with van der Waals surface area (Å²) in [5.74, 6) is 2.54. The topological polar surface area (TPSA) is 54.9 Å². The zero-order valence-corrected chi connectivity index (χ0v) is 15.0. The van der Waals surface area contributed by atoms with E-state index in [0.29, 0.717) is 6.10 Å². The summed E-state index contributed by atoms with van der Waals surface area (Å²) in [7, 11) is 1.84. The van der Waals surface area contributed by atoms with Crippen LogP contribution >= 0.6 is 0 Å². The van der Waals surface area contributed by atoms with Crippen LogP contribution in [0.1, 0.15) is 51.9 Å². The van der Waals surface area contributed by atoms with Crippen LogP contribution in [-0.4, -0.2) is 52.0 Å². The summed E-state index contributed by atoms with van der Waals surface area (Å²) in [6.07, 6.45) is 9.15. The molecule has 2 fully saturated rings. The predicted molar refractivity (Wildman–Crippen MR) is 94.9 cm³/mol. The van der Waals surface area contributed by atoms with Crippen LogP contribution < -0.4 is 10.6 Å². The number of guanidine groups is 1. The van der Waals surface area contributed by atoms with Gasteiger partial charge in [0.1, 0.15) is 0 Å². The molecule has 1 aliphatic heterocycles. The lowest BCUT2D eigenvalue weighted by Gasteiger charge is -2.29. The van der Waals surface area contributed by atoms with Gasteiger partial charge < -0.3 is 20.1 Å².